The lowest BCUT2D eigenvalue weighted by Gasteiger charge is -2.16. The number of nitrogens with one attached hydrogen (secondary N) is 1. The number of halogens is 3. The standard InChI is InChI=1S/C19H20Cl3N5O2/c1-3-27-19(24-25-26-27)23-10-12-7-16(22)18(17(8-12)28-4-2)29-11-13-5-6-14(20)9-15(13)21/h5-9H,3-4,10-11H2,1-2H3,(H,23,24,26). The monoisotopic (exact) mass is 455 g/mol. The van der Waals surface area contributed by atoms with E-state index in [1.165, 1.54) is 0 Å². The zero-order valence-electron chi connectivity index (χ0n) is 16.0. The van der Waals surface area contributed by atoms with Crippen LogP contribution in [0, 0.1) is 0 Å². The van der Waals surface area contributed by atoms with Crippen molar-refractivity contribution in [1.82, 2.24) is 20.2 Å². The molecular weight excluding hydrogens is 437 g/mol. The van der Waals surface area contributed by atoms with Gasteiger partial charge in [-0.2, -0.15) is 0 Å². The summed E-state index contributed by atoms with van der Waals surface area (Å²) in [4.78, 5) is 0. The predicted molar refractivity (Wildman–Crippen MR) is 114 cm³/mol. The number of aryl methyl sites for hydroxylation is 1. The smallest absolute Gasteiger partial charge is 0.243 e. The summed E-state index contributed by atoms with van der Waals surface area (Å²) in [6.07, 6.45) is 0. The Labute approximate surface area is 183 Å². The van der Waals surface area contributed by atoms with Gasteiger partial charge >= 0.3 is 0 Å². The van der Waals surface area contributed by atoms with Gasteiger partial charge in [-0.15, -0.1) is 0 Å². The van der Waals surface area contributed by atoms with E-state index in [0.717, 1.165) is 11.1 Å². The van der Waals surface area contributed by atoms with Crippen LogP contribution in [-0.2, 0) is 19.7 Å². The lowest BCUT2D eigenvalue weighted by Crippen LogP contribution is -2.08. The first-order chi connectivity index (χ1) is 14.0. The van der Waals surface area contributed by atoms with Gasteiger partial charge in [0.1, 0.15) is 6.61 Å². The molecule has 3 rings (SSSR count). The third-order valence-electron chi connectivity index (χ3n) is 4.04. The summed E-state index contributed by atoms with van der Waals surface area (Å²) in [5, 5.41) is 16.2. The summed E-state index contributed by atoms with van der Waals surface area (Å²) in [5.74, 6) is 1.60. The zero-order chi connectivity index (χ0) is 20.8. The molecule has 0 saturated carbocycles. The van der Waals surface area contributed by atoms with Gasteiger partial charge in [0.25, 0.3) is 0 Å². The van der Waals surface area contributed by atoms with Gasteiger partial charge < -0.3 is 14.8 Å². The summed E-state index contributed by atoms with van der Waals surface area (Å²) in [6, 6.07) is 8.94. The van der Waals surface area contributed by atoms with Gasteiger partial charge in [0.05, 0.1) is 11.6 Å². The van der Waals surface area contributed by atoms with Crippen molar-refractivity contribution in [3.63, 3.8) is 0 Å². The van der Waals surface area contributed by atoms with Crippen LogP contribution in [-0.4, -0.2) is 26.8 Å². The van der Waals surface area contributed by atoms with Crippen LogP contribution < -0.4 is 14.8 Å². The number of rotatable bonds is 9. The van der Waals surface area contributed by atoms with Gasteiger partial charge in [-0.1, -0.05) is 46.0 Å². The highest BCUT2D eigenvalue weighted by Crippen LogP contribution is 2.38. The fourth-order valence-electron chi connectivity index (χ4n) is 2.64. The molecule has 1 aromatic heterocycles. The summed E-state index contributed by atoms with van der Waals surface area (Å²) >= 11 is 18.7. The van der Waals surface area contributed by atoms with E-state index in [1.807, 2.05) is 32.0 Å². The number of aromatic nitrogens is 4. The average Bonchev–Trinajstić information content (AvgIpc) is 3.15. The van der Waals surface area contributed by atoms with Gasteiger partial charge in [-0.05, 0) is 54.1 Å². The minimum absolute atomic E-state index is 0.235. The van der Waals surface area contributed by atoms with E-state index in [9.17, 15) is 0 Å². The molecule has 0 fully saturated rings. The predicted octanol–water partition coefficient (Wildman–Crippen LogP) is 5.24. The molecule has 0 aliphatic heterocycles. The minimum atomic E-state index is 0.235. The van der Waals surface area contributed by atoms with Crippen molar-refractivity contribution in [2.45, 2.75) is 33.5 Å². The number of benzene rings is 2. The van der Waals surface area contributed by atoms with Crippen LogP contribution in [0.25, 0.3) is 0 Å². The normalized spacial score (nSPS) is 10.8. The van der Waals surface area contributed by atoms with Gasteiger partial charge in [0.2, 0.25) is 5.95 Å². The van der Waals surface area contributed by atoms with Gasteiger partial charge in [0, 0.05) is 28.7 Å². The second kappa shape index (κ2) is 10.0. The second-order valence-electron chi connectivity index (χ2n) is 6.03. The first-order valence-electron chi connectivity index (χ1n) is 9.03. The van der Waals surface area contributed by atoms with Crippen LogP contribution in [0.15, 0.2) is 30.3 Å². The van der Waals surface area contributed by atoms with Gasteiger partial charge in [-0.25, -0.2) is 4.68 Å². The number of hydrogen-bond acceptors (Lipinski definition) is 6. The molecule has 0 saturated heterocycles. The van der Waals surface area contributed by atoms with Crippen molar-refractivity contribution in [1.29, 1.82) is 0 Å². The maximum absolute atomic E-state index is 6.49. The van der Waals surface area contributed by atoms with Crippen molar-refractivity contribution in [3.8, 4) is 11.5 Å². The molecule has 7 nitrogen and oxygen atoms in total. The first kappa shape index (κ1) is 21.5. The molecule has 0 spiro atoms. The molecule has 0 atom stereocenters. The molecule has 0 amide bonds. The lowest BCUT2D eigenvalue weighted by atomic mass is 10.2. The van der Waals surface area contributed by atoms with Crippen LogP contribution in [0.3, 0.4) is 0 Å². The van der Waals surface area contributed by atoms with E-state index in [4.69, 9.17) is 44.3 Å². The Hall–Kier alpha value is -2.22. The van der Waals surface area contributed by atoms with Crippen molar-refractivity contribution in [2.24, 2.45) is 0 Å². The fraction of sp³-hybridized carbons (Fsp3) is 0.316. The second-order valence-corrected chi connectivity index (χ2v) is 7.28. The third-order valence-corrected chi connectivity index (χ3v) is 4.91. The van der Waals surface area contributed by atoms with E-state index in [2.05, 4.69) is 20.8 Å². The number of hydrogen-bond donors (Lipinski definition) is 1. The molecule has 10 heteroatoms. The Bertz CT molecular complexity index is 980. The molecule has 0 bridgehead atoms. The van der Waals surface area contributed by atoms with Crippen molar-refractivity contribution < 1.29 is 9.47 Å². The Kier molecular flexibility index (Phi) is 7.41. The molecule has 0 unspecified atom stereocenters. The molecule has 154 valence electrons. The highest BCUT2D eigenvalue weighted by Gasteiger charge is 2.14. The molecule has 29 heavy (non-hydrogen) atoms. The largest absolute Gasteiger partial charge is 0.490 e. The lowest BCUT2D eigenvalue weighted by molar-refractivity contribution is 0.269. The molecule has 0 aliphatic carbocycles. The van der Waals surface area contributed by atoms with E-state index in [0.29, 0.717) is 52.2 Å². The van der Waals surface area contributed by atoms with Crippen molar-refractivity contribution in [3.05, 3.63) is 56.5 Å². The van der Waals surface area contributed by atoms with Crippen molar-refractivity contribution in [2.75, 3.05) is 11.9 Å². The topological polar surface area (TPSA) is 74.1 Å². The maximum atomic E-state index is 6.49. The molecule has 3 aromatic rings. The number of nitrogens with zero attached hydrogens (tertiary/aromatic N) is 4. The Balaban J connectivity index is 1.76. The average molecular weight is 457 g/mol. The first-order valence-corrected chi connectivity index (χ1v) is 10.2. The zero-order valence-corrected chi connectivity index (χ0v) is 18.2. The number of anilines is 1. The summed E-state index contributed by atoms with van der Waals surface area (Å²) in [7, 11) is 0. The van der Waals surface area contributed by atoms with E-state index < -0.39 is 0 Å². The minimum Gasteiger partial charge on any atom is -0.490 e. The van der Waals surface area contributed by atoms with E-state index >= 15 is 0 Å². The Morgan fingerprint density at radius 2 is 1.86 bits per heavy atom. The van der Waals surface area contributed by atoms with Crippen LogP contribution in [0.5, 0.6) is 11.5 Å². The molecule has 1 heterocycles. The van der Waals surface area contributed by atoms with Crippen LogP contribution >= 0.6 is 34.8 Å². The molecule has 0 radical (unpaired) electrons. The van der Waals surface area contributed by atoms with Crippen LogP contribution in [0.2, 0.25) is 15.1 Å². The van der Waals surface area contributed by atoms with E-state index in [1.54, 1.807) is 16.8 Å². The third kappa shape index (κ3) is 5.44. The summed E-state index contributed by atoms with van der Waals surface area (Å²) in [5.41, 5.74) is 1.70. The maximum Gasteiger partial charge on any atom is 0.243 e. The van der Waals surface area contributed by atoms with Gasteiger partial charge in [-0.3, -0.25) is 0 Å². The highest BCUT2D eigenvalue weighted by molar-refractivity contribution is 6.35. The molecule has 1 N–H and O–H groups in total. The SMILES string of the molecule is CCOc1cc(CNc2nnnn2CC)cc(Cl)c1OCc1ccc(Cl)cc1Cl. The Morgan fingerprint density at radius 1 is 1.03 bits per heavy atom. The van der Waals surface area contributed by atoms with Crippen LogP contribution in [0.4, 0.5) is 5.95 Å². The quantitative estimate of drug-likeness (QED) is 0.474. The Morgan fingerprint density at radius 3 is 2.59 bits per heavy atom. The highest BCUT2D eigenvalue weighted by atomic mass is 35.5. The number of ether oxygens (including phenoxy) is 2. The van der Waals surface area contributed by atoms with Gasteiger partial charge in [0.15, 0.2) is 11.5 Å². The van der Waals surface area contributed by atoms with Crippen molar-refractivity contribution >= 4 is 40.8 Å². The molecular formula is C19H20Cl3N5O2. The molecule has 2 aromatic carbocycles. The van der Waals surface area contributed by atoms with E-state index in [-0.39, 0.29) is 6.61 Å². The number of tetrazole rings is 1. The molecule has 0 aliphatic rings. The summed E-state index contributed by atoms with van der Waals surface area (Å²) in [6.45, 7) is 5.71. The fourth-order valence-corrected chi connectivity index (χ4v) is 3.39. The summed E-state index contributed by atoms with van der Waals surface area (Å²) < 4.78 is 13.3. The van der Waals surface area contributed by atoms with Crippen LogP contribution in [0.1, 0.15) is 25.0 Å².